The van der Waals surface area contributed by atoms with E-state index in [1.165, 1.54) is 29.8 Å². The molecule has 1 unspecified atom stereocenters. The van der Waals surface area contributed by atoms with E-state index in [-0.39, 0.29) is 45.8 Å². The summed E-state index contributed by atoms with van der Waals surface area (Å²) in [6.07, 6.45) is 3.05. The molecule has 4 rings (SSSR count). The molecule has 0 bridgehead atoms. The van der Waals surface area contributed by atoms with E-state index in [1.807, 2.05) is 0 Å². The number of carbonyl (C=O) groups is 3. The van der Waals surface area contributed by atoms with Crippen LogP contribution in [0.5, 0.6) is 0 Å². The fourth-order valence-corrected chi connectivity index (χ4v) is 4.92. The van der Waals surface area contributed by atoms with Crippen molar-refractivity contribution in [3.8, 4) is 23.6 Å². The van der Waals surface area contributed by atoms with E-state index in [4.69, 9.17) is 22.8 Å². The van der Waals surface area contributed by atoms with Crippen LogP contribution in [0.2, 0.25) is 5.02 Å². The molecule has 1 saturated heterocycles. The molecule has 3 amide bonds. The Morgan fingerprint density at radius 1 is 1.20 bits per heavy atom. The van der Waals surface area contributed by atoms with Crippen molar-refractivity contribution in [2.45, 2.75) is 45.5 Å². The van der Waals surface area contributed by atoms with Crippen LogP contribution in [-0.4, -0.2) is 67.4 Å². The van der Waals surface area contributed by atoms with E-state index in [0.29, 0.717) is 26.1 Å². The normalized spacial score (nSPS) is 15.2. The number of carbonyl (C=O) groups excluding carboxylic acids is 3. The summed E-state index contributed by atoms with van der Waals surface area (Å²) in [7, 11) is 1.40. The number of benzene rings is 1. The van der Waals surface area contributed by atoms with Gasteiger partial charge in [0.05, 0.1) is 28.0 Å². The van der Waals surface area contributed by atoms with Crippen molar-refractivity contribution in [1.29, 1.82) is 0 Å². The molecule has 3 heterocycles. The Hall–Kier alpha value is -4.51. The van der Waals surface area contributed by atoms with Gasteiger partial charge in [0.2, 0.25) is 0 Å². The van der Waals surface area contributed by atoms with Crippen molar-refractivity contribution in [3.05, 3.63) is 52.7 Å². The van der Waals surface area contributed by atoms with Crippen molar-refractivity contribution in [1.82, 2.24) is 29.5 Å². The zero-order chi connectivity index (χ0) is 32.4. The molecule has 234 valence electrons. The molecule has 0 spiro atoms. The Morgan fingerprint density at radius 3 is 2.57 bits per heavy atom. The number of nitrogens with one attached hydrogen (secondary N) is 2. The van der Waals surface area contributed by atoms with Gasteiger partial charge >= 0.3 is 12.3 Å². The highest BCUT2D eigenvalue weighted by Gasteiger charge is 2.38. The molecule has 0 saturated carbocycles. The second-order valence-corrected chi connectivity index (χ2v) is 11.7. The van der Waals surface area contributed by atoms with Crippen LogP contribution in [0.1, 0.15) is 53.9 Å². The lowest BCUT2D eigenvalue weighted by atomic mass is 10.1. The maximum absolute atomic E-state index is 13.6. The molecular formula is C29H31ClF3N7O4. The maximum Gasteiger partial charge on any atom is 0.435 e. The summed E-state index contributed by atoms with van der Waals surface area (Å²) in [6.45, 7) is 6.52. The average molecular weight is 634 g/mol. The quantitative estimate of drug-likeness (QED) is 0.360. The number of nitrogens with zero attached hydrogens (tertiary/aromatic N) is 5. The molecule has 1 fully saturated rings. The Bertz CT molecular complexity index is 1620. The zero-order valence-electron chi connectivity index (χ0n) is 24.5. The monoisotopic (exact) mass is 633 g/mol. The largest absolute Gasteiger partial charge is 0.444 e. The van der Waals surface area contributed by atoms with Gasteiger partial charge in [0, 0.05) is 38.6 Å². The van der Waals surface area contributed by atoms with Gasteiger partial charge in [-0.1, -0.05) is 17.5 Å². The number of alkyl halides is 3. The van der Waals surface area contributed by atoms with Crippen LogP contribution in [-0.2, 0) is 24.5 Å². The van der Waals surface area contributed by atoms with Gasteiger partial charge in [-0.05, 0) is 51.3 Å². The number of halogens is 4. The Kier molecular flexibility index (Phi) is 9.29. The van der Waals surface area contributed by atoms with Crippen molar-refractivity contribution >= 4 is 35.2 Å². The van der Waals surface area contributed by atoms with E-state index >= 15 is 0 Å². The van der Waals surface area contributed by atoms with Crippen LogP contribution < -0.4 is 10.6 Å². The van der Waals surface area contributed by atoms with Gasteiger partial charge in [-0.25, -0.2) is 9.78 Å². The summed E-state index contributed by atoms with van der Waals surface area (Å²) in [4.78, 5) is 43.7. The second-order valence-electron chi connectivity index (χ2n) is 11.3. The van der Waals surface area contributed by atoms with Gasteiger partial charge in [-0.15, -0.1) is 6.42 Å². The lowest BCUT2D eigenvalue weighted by Crippen LogP contribution is -2.36. The van der Waals surface area contributed by atoms with Gasteiger partial charge < -0.3 is 24.8 Å². The van der Waals surface area contributed by atoms with Crippen molar-refractivity contribution in [3.63, 3.8) is 0 Å². The van der Waals surface area contributed by atoms with Gasteiger partial charge in [0.15, 0.2) is 11.5 Å². The highest BCUT2D eigenvalue weighted by Crippen LogP contribution is 2.36. The molecule has 2 aromatic heterocycles. The molecule has 44 heavy (non-hydrogen) atoms. The summed E-state index contributed by atoms with van der Waals surface area (Å²) in [5.41, 5.74) is -1.61. The zero-order valence-corrected chi connectivity index (χ0v) is 25.2. The minimum atomic E-state index is -4.76. The topological polar surface area (TPSA) is 123 Å². The van der Waals surface area contributed by atoms with E-state index in [1.54, 1.807) is 25.7 Å². The van der Waals surface area contributed by atoms with Crippen molar-refractivity contribution in [2.75, 3.05) is 25.0 Å². The predicted octanol–water partition coefficient (Wildman–Crippen LogP) is 4.83. The second kappa shape index (κ2) is 12.6. The molecule has 11 nitrogen and oxygen atoms in total. The third-order valence-corrected chi connectivity index (χ3v) is 7.02. The molecule has 1 aromatic carbocycles. The Labute approximate surface area is 256 Å². The van der Waals surface area contributed by atoms with Gasteiger partial charge in [0.25, 0.3) is 11.8 Å². The number of likely N-dealkylation sites (tertiary alicyclic amines) is 1. The van der Waals surface area contributed by atoms with Gasteiger partial charge in [-0.2, -0.15) is 18.3 Å². The van der Waals surface area contributed by atoms with Crippen LogP contribution >= 0.6 is 11.6 Å². The number of amides is 3. The van der Waals surface area contributed by atoms with Gasteiger partial charge in [0.1, 0.15) is 12.1 Å². The van der Waals surface area contributed by atoms with Crippen molar-refractivity contribution < 1.29 is 32.3 Å². The summed E-state index contributed by atoms with van der Waals surface area (Å²) in [5, 5.41) is 9.02. The molecule has 2 N–H and O–H groups in total. The summed E-state index contributed by atoms with van der Waals surface area (Å²) < 4.78 is 48.5. The number of rotatable bonds is 7. The number of imidazole rings is 1. The molecule has 1 aliphatic heterocycles. The molecule has 3 aromatic rings. The average Bonchev–Trinajstić information content (AvgIpc) is 3.65. The summed E-state index contributed by atoms with van der Waals surface area (Å²) >= 11 is 6.35. The van der Waals surface area contributed by atoms with Crippen LogP contribution in [0, 0.1) is 18.3 Å². The van der Waals surface area contributed by atoms with E-state index < -0.39 is 35.4 Å². The van der Waals surface area contributed by atoms with Crippen LogP contribution in [0.4, 0.5) is 23.7 Å². The number of hydrogen-bond donors (Lipinski definition) is 2. The third kappa shape index (κ3) is 7.52. The first-order valence-corrected chi connectivity index (χ1v) is 13.9. The molecule has 0 aliphatic carbocycles. The molecule has 1 aliphatic rings. The number of aromatic nitrogens is 4. The number of hydrogen-bond acceptors (Lipinski definition) is 6. The first-order valence-electron chi connectivity index (χ1n) is 13.5. The first kappa shape index (κ1) is 32.4. The van der Waals surface area contributed by atoms with Crippen LogP contribution in [0.3, 0.4) is 0 Å². The maximum atomic E-state index is 13.6. The third-order valence-electron chi connectivity index (χ3n) is 6.71. The Balaban J connectivity index is 1.39. The van der Waals surface area contributed by atoms with E-state index in [0.717, 1.165) is 17.1 Å². The number of anilines is 1. The summed E-state index contributed by atoms with van der Waals surface area (Å²) in [6, 6.07) is 4.28. The lowest BCUT2D eigenvalue weighted by Gasteiger charge is -2.24. The molecule has 15 heteroatoms. The van der Waals surface area contributed by atoms with Gasteiger partial charge in [-0.3, -0.25) is 14.3 Å². The van der Waals surface area contributed by atoms with E-state index in [9.17, 15) is 27.6 Å². The van der Waals surface area contributed by atoms with Crippen LogP contribution in [0.15, 0.2) is 30.6 Å². The highest BCUT2D eigenvalue weighted by molar-refractivity contribution is 6.34. The standard InChI is InChI=1S/C29H31ClF3N7O4/c1-6-10-40-16-20(23(37-40)29(31,32)33)22-14-34-24(38(22)5)26(42)36-18-7-8-19(21(30)12-18)25(41)35-13-17-9-11-39(15-17)27(43)44-28(2,3)4/h1,7-8,12,14,16-17H,9-11,13,15H2,2-5H3,(H,35,41)(H,36,42). The number of ether oxygens (including phenoxy) is 1. The minimum Gasteiger partial charge on any atom is -0.444 e. The summed E-state index contributed by atoms with van der Waals surface area (Å²) in [5.74, 6) is 0.963. The SMILES string of the molecule is C#CCn1cc(-c2cnc(C(=O)Nc3ccc(C(=O)NCC4CCN(C(=O)OC(C)(C)C)C4)c(Cl)c3)n2C)c(C(F)(F)F)n1. The lowest BCUT2D eigenvalue weighted by molar-refractivity contribution is -0.141. The fraction of sp³-hybridized carbons (Fsp3) is 0.414. The van der Waals surface area contributed by atoms with Crippen LogP contribution in [0.25, 0.3) is 11.3 Å². The first-order chi connectivity index (χ1) is 20.6. The predicted molar refractivity (Wildman–Crippen MR) is 156 cm³/mol. The molecule has 0 radical (unpaired) electrons. The minimum absolute atomic E-state index is 0.00674. The van der Waals surface area contributed by atoms with E-state index in [2.05, 4.69) is 26.6 Å². The van der Waals surface area contributed by atoms with Crippen molar-refractivity contribution in [2.24, 2.45) is 13.0 Å². The highest BCUT2D eigenvalue weighted by atomic mass is 35.5. The Morgan fingerprint density at radius 2 is 1.93 bits per heavy atom. The fourth-order valence-electron chi connectivity index (χ4n) is 4.65. The smallest absolute Gasteiger partial charge is 0.435 e. The molecule has 1 atom stereocenters. The number of terminal acetylenes is 1. The molecular weight excluding hydrogens is 603 g/mol.